The maximum Gasteiger partial charge on any atom is 0.420 e. The molecule has 2 aliphatic heterocycles. The van der Waals surface area contributed by atoms with Crippen molar-refractivity contribution < 1.29 is 9.21 Å². The Morgan fingerprint density at radius 1 is 0.972 bits per heavy atom. The van der Waals surface area contributed by atoms with Gasteiger partial charge < -0.3 is 19.5 Å². The lowest BCUT2D eigenvalue weighted by Crippen LogP contribution is -2.44. The van der Waals surface area contributed by atoms with Crippen LogP contribution in [0, 0.1) is 0 Å². The van der Waals surface area contributed by atoms with Gasteiger partial charge in [-0.2, -0.15) is 0 Å². The summed E-state index contributed by atoms with van der Waals surface area (Å²) in [5, 5.41) is 3.09. The van der Waals surface area contributed by atoms with Crippen LogP contribution in [0.25, 0.3) is 11.1 Å². The standard InChI is InChI=1S/C29H38N4O3/c1-31-17-14-25(15-18-31)33-26-11-10-24(21-27(26)36-29(33)35)23-12-19-32(20-13-23)28(34)30-16-6-5-9-22-7-3-2-4-8-22/h2-4,7-8,10-11,21,23,25H,5-6,9,12-20H2,1H3,(H,30,34). The SMILES string of the molecule is CN1CCC(n2c(=O)oc3cc(C4CCN(C(=O)NCCCCc5ccccc5)CC4)ccc32)CC1. The molecule has 7 heteroatoms. The molecular formula is C29H38N4O3. The minimum Gasteiger partial charge on any atom is -0.408 e. The number of unbranched alkanes of at least 4 members (excludes halogenated alkanes) is 1. The van der Waals surface area contributed by atoms with Crippen LogP contribution in [0.15, 0.2) is 57.7 Å². The van der Waals surface area contributed by atoms with Crippen molar-refractivity contribution in [3.8, 4) is 0 Å². The number of benzene rings is 2. The van der Waals surface area contributed by atoms with Crippen molar-refractivity contribution in [1.29, 1.82) is 0 Å². The third-order valence-corrected chi connectivity index (χ3v) is 7.96. The zero-order valence-corrected chi connectivity index (χ0v) is 21.3. The fourth-order valence-electron chi connectivity index (χ4n) is 5.73. The highest BCUT2D eigenvalue weighted by Crippen LogP contribution is 2.32. The molecule has 2 fully saturated rings. The van der Waals surface area contributed by atoms with Gasteiger partial charge in [0.1, 0.15) is 0 Å². The fraction of sp³-hybridized carbons (Fsp3) is 0.517. The van der Waals surface area contributed by atoms with Gasteiger partial charge in [0, 0.05) is 25.7 Å². The normalized spacial score (nSPS) is 18.1. The van der Waals surface area contributed by atoms with Crippen molar-refractivity contribution in [1.82, 2.24) is 19.7 Å². The van der Waals surface area contributed by atoms with Gasteiger partial charge in [0.15, 0.2) is 5.58 Å². The van der Waals surface area contributed by atoms with E-state index in [1.54, 1.807) is 0 Å². The van der Waals surface area contributed by atoms with Gasteiger partial charge in [0.25, 0.3) is 0 Å². The Kier molecular flexibility index (Phi) is 7.75. The van der Waals surface area contributed by atoms with Gasteiger partial charge in [0.2, 0.25) is 0 Å². The van der Waals surface area contributed by atoms with E-state index in [-0.39, 0.29) is 17.8 Å². The number of rotatable bonds is 7. The first-order chi connectivity index (χ1) is 17.6. The molecule has 1 aromatic heterocycles. The van der Waals surface area contributed by atoms with Gasteiger partial charge in [-0.1, -0.05) is 36.4 Å². The van der Waals surface area contributed by atoms with Crippen molar-refractivity contribution in [2.45, 2.75) is 56.9 Å². The van der Waals surface area contributed by atoms with Crippen LogP contribution in [-0.2, 0) is 6.42 Å². The molecule has 0 bridgehead atoms. The van der Waals surface area contributed by atoms with E-state index in [0.717, 1.165) is 83.2 Å². The van der Waals surface area contributed by atoms with Crippen LogP contribution in [0.1, 0.15) is 61.6 Å². The molecule has 1 N–H and O–H groups in total. The van der Waals surface area contributed by atoms with Crippen LogP contribution in [0.5, 0.6) is 0 Å². The number of likely N-dealkylation sites (tertiary alicyclic amines) is 2. The summed E-state index contributed by atoms with van der Waals surface area (Å²) in [7, 11) is 2.13. The summed E-state index contributed by atoms with van der Waals surface area (Å²) in [5.74, 6) is 0.133. The lowest BCUT2D eigenvalue weighted by molar-refractivity contribution is 0.181. The molecule has 2 aromatic carbocycles. The van der Waals surface area contributed by atoms with Gasteiger partial charge in [-0.25, -0.2) is 9.59 Å². The largest absolute Gasteiger partial charge is 0.420 e. The van der Waals surface area contributed by atoms with Crippen LogP contribution in [0.2, 0.25) is 0 Å². The van der Waals surface area contributed by atoms with Gasteiger partial charge in [-0.05, 0) is 94.3 Å². The van der Waals surface area contributed by atoms with Crippen molar-refractivity contribution in [2.24, 2.45) is 0 Å². The average Bonchev–Trinajstić information content (AvgIpc) is 3.24. The molecule has 7 nitrogen and oxygen atoms in total. The van der Waals surface area contributed by atoms with Crippen molar-refractivity contribution >= 4 is 17.1 Å². The highest BCUT2D eigenvalue weighted by Gasteiger charge is 2.26. The number of hydrogen-bond donors (Lipinski definition) is 1. The molecule has 0 unspecified atom stereocenters. The van der Waals surface area contributed by atoms with Crippen LogP contribution >= 0.6 is 0 Å². The Bertz CT molecular complexity index is 1200. The van der Waals surface area contributed by atoms with Crippen molar-refractivity contribution in [2.75, 3.05) is 39.8 Å². The second-order valence-electron chi connectivity index (χ2n) is 10.4. The molecule has 192 valence electrons. The third kappa shape index (κ3) is 5.67. The number of carbonyl (C=O) groups excluding carboxylic acids is 1. The highest BCUT2D eigenvalue weighted by molar-refractivity contribution is 5.75. The average molecular weight is 491 g/mol. The van der Waals surface area contributed by atoms with Gasteiger partial charge >= 0.3 is 11.8 Å². The molecule has 0 spiro atoms. The first kappa shape index (κ1) is 24.6. The minimum atomic E-state index is -0.244. The lowest BCUT2D eigenvalue weighted by Gasteiger charge is -2.32. The maximum atomic E-state index is 12.7. The minimum absolute atomic E-state index is 0.0461. The molecule has 3 aromatic rings. The molecule has 2 aliphatic rings. The summed E-state index contributed by atoms with van der Waals surface area (Å²) in [6.07, 6.45) is 6.90. The van der Waals surface area contributed by atoms with Crippen LogP contribution in [0.4, 0.5) is 4.79 Å². The summed E-state index contributed by atoms with van der Waals surface area (Å²) >= 11 is 0. The molecule has 36 heavy (non-hydrogen) atoms. The predicted octanol–water partition coefficient (Wildman–Crippen LogP) is 4.77. The van der Waals surface area contributed by atoms with Crippen molar-refractivity contribution in [3.05, 3.63) is 70.2 Å². The van der Waals surface area contributed by atoms with Crippen LogP contribution in [-0.4, -0.2) is 60.2 Å². The molecule has 2 amide bonds. The quantitative estimate of drug-likeness (QED) is 0.484. The predicted molar refractivity (Wildman–Crippen MR) is 143 cm³/mol. The topological polar surface area (TPSA) is 70.7 Å². The number of oxazole rings is 1. The number of fused-ring (bicyclic) bond motifs is 1. The number of aryl methyl sites for hydroxylation is 1. The summed E-state index contributed by atoms with van der Waals surface area (Å²) in [4.78, 5) is 29.5. The number of nitrogens with zero attached hydrogens (tertiary/aromatic N) is 3. The van der Waals surface area contributed by atoms with Crippen molar-refractivity contribution in [3.63, 3.8) is 0 Å². The summed E-state index contributed by atoms with van der Waals surface area (Å²) in [6.45, 7) is 4.22. The Morgan fingerprint density at radius 2 is 1.72 bits per heavy atom. The number of piperidine rings is 2. The van der Waals surface area contributed by atoms with E-state index in [0.29, 0.717) is 11.5 Å². The maximum absolute atomic E-state index is 12.7. The molecule has 0 radical (unpaired) electrons. The first-order valence-corrected chi connectivity index (χ1v) is 13.5. The smallest absolute Gasteiger partial charge is 0.408 e. The third-order valence-electron chi connectivity index (χ3n) is 7.96. The zero-order chi connectivity index (χ0) is 24.9. The van der Waals surface area contributed by atoms with Crippen LogP contribution < -0.4 is 11.1 Å². The number of carbonyl (C=O) groups is 1. The Morgan fingerprint density at radius 3 is 2.47 bits per heavy atom. The van der Waals surface area contributed by atoms with E-state index < -0.39 is 0 Å². The second kappa shape index (κ2) is 11.3. The Balaban J connectivity index is 1.11. The zero-order valence-electron chi connectivity index (χ0n) is 21.3. The van der Waals surface area contributed by atoms with E-state index in [9.17, 15) is 9.59 Å². The van der Waals surface area contributed by atoms with E-state index in [1.807, 2.05) is 15.5 Å². The number of urea groups is 1. The second-order valence-corrected chi connectivity index (χ2v) is 10.4. The molecule has 5 rings (SSSR count). The van der Waals surface area contributed by atoms with Gasteiger partial charge in [-0.15, -0.1) is 0 Å². The van der Waals surface area contributed by atoms with Gasteiger partial charge in [-0.3, -0.25) is 4.57 Å². The van der Waals surface area contributed by atoms with Gasteiger partial charge in [0.05, 0.1) is 5.52 Å². The first-order valence-electron chi connectivity index (χ1n) is 13.5. The monoisotopic (exact) mass is 490 g/mol. The van der Waals surface area contributed by atoms with E-state index in [1.165, 1.54) is 11.1 Å². The Labute approximate surface area is 213 Å². The number of aromatic nitrogens is 1. The molecule has 0 aliphatic carbocycles. The number of amides is 2. The Hall–Kier alpha value is -3.06. The van der Waals surface area contributed by atoms with E-state index >= 15 is 0 Å². The summed E-state index contributed by atoms with van der Waals surface area (Å²) in [5.41, 5.74) is 4.14. The molecule has 2 saturated heterocycles. The number of nitrogens with one attached hydrogen (secondary N) is 1. The van der Waals surface area contributed by atoms with E-state index in [4.69, 9.17) is 4.42 Å². The molecular weight excluding hydrogens is 452 g/mol. The molecule has 0 saturated carbocycles. The fourth-order valence-corrected chi connectivity index (χ4v) is 5.73. The lowest BCUT2D eigenvalue weighted by atomic mass is 9.89. The van der Waals surface area contributed by atoms with Crippen LogP contribution in [0.3, 0.4) is 0 Å². The highest BCUT2D eigenvalue weighted by atomic mass is 16.4. The molecule has 0 atom stereocenters. The number of hydrogen-bond acceptors (Lipinski definition) is 4. The summed E-state index contributed by atoms with van der Waals surface area (Å²) in [6, 6.07) is 17.0. The summed E-state index contributed by atoms with van der Waals surface area (Å²) < 4.78 is 7.54. The molecule has 3 heterocycles. The van der Waals surface area contributed by atoms with E-state index in [2.05, 4.69) is 59.7 Å².